The van der Waals surface area contributed by atoms with Crippen LogP contribution in [0.5, 0.6) is 0 Å². The Bertz CT molecular complexity index is 667. The predicted molar refractivity (Wildman–Crippen MR) is 74.5 cm³/mol. The molecule has 0 atom stereocenters. The van der Waals surface area contributed by atoms with E-state index in [0.717, 1.165) is 11.3 Å². The molecule has 1 amide bonds. The lowest BCUT2D eigenvalue weighted by molar-refractivity contribution is 0.0946. The van der Waals surface area contributed by atoms with E-state index >= 15 is 0 Å². The first-order valence-electron chi connectivity index (χ1n) is 5.95. The molecule has 0 fully saturated rings. The molecular formula is C12H13FN4O2S. The summed E-state index contributed by atoms with van der Waals surface area (Å²) in [6, 6.07) is 1.31. The lowest BCUT2D eigenvalue weighted by Crippen LogP contribution is -2.25. The topological polar surface area (TPSA) is 86.9 Å². The zero-order valence-electron chi connectivity index (χ0n) is 10.7. The molecule has 3 N–H and O–H groups in total. The van der Waals surface area contributed by atoms with Crippen LogP contribution >= 0.6 is 11.3 Å². The van der Waals surface area contributed by atoms with Gasteiger partial charge in [-0.05, 0) is 13.0 Å². The normalized spacial score (nSPS) is 10.3. The molecule has 8 heteroatoms. The molecule has 2 aromatic rings. The molecule has 2 rings (SSSR count). The van der Waals surface area contributed by atoms with Gasteiger partial charge in [-0.25, -0.2) is 9.37 Å². The molecule has 2 heterocycles. The lowest BCUT2D eigenvalue weighted by atomic mass is 10.2. The smallest absolute Gasteiger partial charge is 0.304 e. The maximum absolute atomic E-state index is 14.0. The van der Waals surface area contributed by atoms with Crippen molar-refractivity contribution in [1.82, 2.24) is 15.3 Å². The van der Waals surface area contributed by atoms with Gasteiger partial charge in [0, 0.05) is 23.8 Å². The number of nitrogens with zero attached hydrogens (tertiary/aromatic N) is 1. The maximum atomic E-state index is 14.0. The minimum atomic E-state index is -0.689. The van der Waals surface area contributed by atoms with Crippen LogP contribution in [0.25, 0.3) is 0 Å². The summed E-state index contributed by atoms with van der Waals surface area (Å²) >= 11 is 1.01. The van der Waals surface area contributed by atoms with Gasteiger partial charge in [0.05, 0.1) is 12.1 Å². The fourth-order valence-electron chi connectivity index (χ4n) is 1.58. The zero-order chi connectivity index (χ0) is 14.5. The maximum Gasteiger partial charge on any atom is 0.304 e. The molecule has 0 aromatic carbocycles. The number of carbonyl (C=O) groups is 1. The van der Waals surface area contributed by atoms with Crippen molar-refractivity contribution in [1.29, 1.82) is 0 Å². The van der Waals surface area contributed by atoms with E-state index in [4.69, 9.17) is 0 Å². The van der Waals surface area contributed by atoms with Crippen molar-refractivity contribution in [3.63, 3.8) is 0 Å². The Balaban J connectivity index is 2.09. The Morgan fingerprint density at radius 2 is 2.35 bits per heavy atom. The Hall–Kier alpha value is -2.22. The third-order valence-electron chi connectivity index (χ3n) is 2.49. The van der Waals surface area contributed by atoms with Gasteiger partial charge in [0.25, 0.3) is 5.91 Å². The number of aromatic nitrogens is 2. The molecule has 0 aliphatic rings. The molecule has 6 nitrogen and oxygen atoms in total. The van der Waals surface area contributed by atoms with Crippen LogP contribution in [0.4, 0.5) is 10.2 Å². The molecule has 0 unspecified atom stereocenters. The van der Waals surface area contributed by atoms with Gasteiger partial charge in [0.2, 0.25) is 0 Å². The summed E-state index contributed by atoms with van der Waals surface area (Å²) < 4.78 is 14.0. The number of pyridine rings is 1. The highest BCUT2D eigenvalue weighted by atomic mass is 32.1. The summed E-state index contributed by atoms with van der Waals surface area (Å²) in [4.78, 5) is 29.0. The van der Waals surface area contributed by atoms with E-state index < -0.39 is 11.7 Å². The van der Waals surface area contributed by atoms with Crippen molar-refractivity contribution in [3.8, 4) is 0 Å². The number of amides is 1. The number of carbonyl (C=O) groups excluding carboxylic acids is 1. The Morgan fingerprint density at radius 3 is 3.00 bits per heavy atom. The average molecular weight is 296 g/mol. The zero-order valence-corrected chi connectivity index (χ0v) is 11.5. The number of H-pyrrole nitrogens is 1. The molecule has 2 aromatic heterocycles. The SMILES string of the molecule is CCNc1nccc(C(=O)NCc2csc(=O)[nH]2)c1F. The van der Waals surface area contributed by atoms with Crippen LogP contribution in [0.2, 0.25) is 0 Å². The largest absolute Gasteiger partial charge is 0.368 e. The number of thiazole rings is 1. The molecule has 0 aliphatic carbocycles. The van der Waals surface area contributed by atoms with Gasteiger partial charge < -0.3 is 15.6 Å². The summed E-state index contributed by atoms with van der Waals surface area (Å²) in [5.41, 5.74) is 0.489. The summed E-state index contributed by atoms with van der Waals surface area (Å²) in [6.07, 6.45) is 1.36. The second-order valence-corrected chi connectivity index (χ2v) is 4.75. The van der Waals surface area contributed by atoms with Gasteiger partial charge in [-0.1, -0.05) is 11.3 Å². The minimum Gasteiger partial charge on any atom is -0.368 e. The van der Waals surface area contributed by atoms with Crippen LogP contribution in [-0.2, 0) is 6.54 Å². The standard InChI is InChI=1S/C12H13FN4O2S/c1-2-14-10-9(13)8(3-4-15-10)11(18)16-5-7-6-20-12(19)17-7/h3-4,6H,2,5H2,1H3,(H,14,15)(H,16,18)(H,17,19). The Morgan fingerprint density at radius 1 is 1.55 bits per heavy atom. The van der Waals surface area contributed by atoms with E-state index in [0.29, 0.717) is 12.2 Å². The van der Waals surface area contributed by atoms with Gasteiger partial charge in [0.1, 0.15) is 0 Å². The Labute approximate surface area is 118 Å². The molecule has 0 saturated carbocycles. The Kier molecular flexibility index (Phi) is 4.46. The van der Waals surface area contributed by atoms with Crippen LogP contribution in [0.1, 0.15) is 23.0 Å². The van der Waals surface area contributed by atoms with E-state index in [9.17, 15) is 14.0 Å². The first-order valence-corrected chi connectivity index (χ1v) is 6.83. The molecule has 0 radical (unpaired) electrons. The molecule has 20 heavy (non-hydrogen) atoms. The van der Waals surface area contributed by atoms with Gasteiger partial charge in [-0.2, -0.15) is 0 Å². The second kappa shape index (κ2) is 6.29. The van der Waals surface area contributed by atoms with E-state index in [1.807, 2.05) is 0 Å². The first-order chi connectivity index (χ1) is 9.61. The minimum absolute atomic E-state index is 0.0455. The number of rotatable bonds is 5. The van der Waals surface area contributed by atoms with Crippen molar-refractivity contribution >= 4 is 23.1 Å². The summed E-state index contributed by atoms with van der Waals surface area (Å²) in [6.45, 7) is 2.45. The van der Waals surface area contributed by atoms with E-state index in [1.54, 1.807) is 12.3 Å². The highest BCUT2D eigenvalue weighted by Gasteiger charge is 2.15. The summed E-state index contributed by atoms with van der Waals surface area (Å²) in [5, 5.41) is 6.88. The molecule has 0 aliphatic heterocycles. The van der Waals surface area contributed by atoms with Crippen LogP contribution in [0.3, 0.4) is 0 Å². The van der Waals surface area contributed by atoms with E-state index in [2.05, 4.69) is 20.6 Å². The second-order valence-electron chi connectivity index (χ2n) is 3.91. The van der Waals surface area contributed by atoms with Crippen molar-refractivity contribution in [2.75, 3.05) is 11.9 Å². The van der Waals surface area contributed by atoms with Gasteiger partial charge >= 0.3 is 4.87 Å². The van der Waals surface area contributed by atoms with Crippen LogP contribution < -0.4 is 15.5 Å². The van der Waals surface area contributed by atoms with Crippen molar-refractivity contribution in [3.05, 3.63) is 44.4 Å². The highest BCUT2D eigenvalue weighted by Crippen LogP contribution is 2.14. The molecule has 0 spiro atoms. The fraction of sp³-hybridized carbons (Fsp3) is 0.250. The van der Waals surface area contributed by atoms with E-state index in [1.165, 1.54) is 12.3 Å². The van der Waals surface area contributed by atoms with Gasteiger partial charge in [-0.15, -0.1) is 0 Å². The average Bonchev–Trinajstić information content (AvgIpc) is 2.84. The molecule has 0 saturated heterocycles. The monoisotopic (exact) mass is 296 g/mol. The number of nitrogens with one attached hydrogen (secondary N) is 3. The van der Waals surface area contributed by atoms with Crippen molar-refractivity contribution in [2.24, 2.45) is 0 Å². The van der Waals surface area contributed by atoms with Crippen molar-refractivity contribution < 1.29 is 9.18 Å². The lowest BCUT2D eigenvalue weighted by Gasteiger charge is -2.08. The van der Waals surface area contributed by atoms with Crippen LogP contribution in [-0.4, -0.2) is 22.4 Å². The molecule has 0 bridgehead atoms. The molecule has 106 valence electrons. The van der Waals surface area contributed by atoms with Gasteiger partial charge in [0.15, 0.2) is 11.6 Å². The third-order valence-corrected chi connectivity index (χ3v) is 3.21. The predicted octanol–water partition coefficient (Wildman–Crippen LogP) is 1.33. The number of hydrogen-bond donors (Lipinski definition) is 3. The fourth-order valence-corrected chi connectivity index (χ4v) is 2.16. The van der Waals surface area contributed by atoms with E-state index in [-0.39, 0.29) is 22.8 Å². The first kappa shape index (κ1) is 14.2. The summed E-state index contributed by atoms with van der Waals surface area (Å²) in [5.74, 6) is -1.20. The quantitative estimate of drug-likeness (QED) is 0.777. The van der Waals surface area contributed by atoms with Crippen LogP contribution in [0.15, 0.2) is 22.4 Å². The van der Waals surface area contributed by atoms with Crippen molar-refractivity contribution in [2.45, 2.75) is 13.5 Å². The molecular weight excluding hydrogens is 283 g/mol. The third kappa shape index (κ3) is 3.21. The number of hydrogen-bond acceptors (Lipinski definition) is 5. The highest BCUT2D eigenvalue weighted by molar-refractivity contribution is 7.07. The number of anilines is 1. The van der Waals surface area contributed by atoms with Gasteiger partial charge in [-0.3, -0.25) is 9.59 Å². The van der Waals surface area contributed by atoms with Crippen LogP contribution in [0, 0.1) is 5.82 Å². The number of halogens is 1. The summed E-state index contributed by atoms with van der Waals surface area (Å²) in [7, 11) is 0. The number of aromatic amines is 1.